The molecule has 3 rings (SSSR count). The second-order valence-corrected chi connectivity index (χ2v) is 7.44. The average molecular weight is 403 g/mol. The number of nitrogens with zero attached hydrogens (tertiary/aromatic N) is 1. The van der Waals surface area contributed by atoms with Crippen molar-refractivity contribution in [2.75, 3.05) is 6.54 Å². The number of fused-ring (bicyclic) bond motifs is 1. The van der Waals surface area contributed by atoms with Crippen LogP contribution in [-0.2, 0) is 9.53 Å². The first kappa shape index (κ1) is 19.7. The normalized spacial score (nSPS) is 12.0. The van der Waals surface area contributed by atoms with Gasteiger partial charge in [-0.05, 0) is 50.6 Å². The van der Waals surface area contributed by atoms with Crippen LogP contribution in [0.2, 0.25) is 0 Å². The van der Waals surface area contributed by atoms with Gasteiger partial charge in [0.05, 0.1) is 5.39 Å². The predicted octanol–water partition coefficient (Wildman–Crippen LogP) is 2.77. The molecule has 1 atom stereocenters. The molecule has 0 radical (unpaired) electrons. The van der Waals surface area contributed by atoms with Crippen LogP contribution in [0.3, 0.4) is 0 Å². The van der Waals surface area contributed by atoms with Crippen molar-refractivity contribution in [3.05, 3.63) is 62.3 Å². The van der Waals surface area contributed by atoms with Gasteiger partial charge in [0, 0.05) is 10.4 Å². The summed E-state index contributed by atoms with van der Waals surface area (Å²) in [5.74, 6) is -1.44. The number of halogens is 1. The number of esters is 1. The highest BCUT2D eigenvalue weighted by Gasteiger charge is 2.18. The predicted molar refractivity (Wildman–Crippen MR) is 103 cm³/mol. The van der Waals surface area contributed by atoms with Gasteiger partial charge >= 0.3 is 5.97 Å². The Morgan fingerprint density at radius 1 is 1.29 bits per heavy atom. The zero-order valence-electron chi connectivity index (χ0n) is 15.5. The molecule has 146 valence electrons. The second kappa shape index (κ2) is 7.89. The summed E-state index contributed by atoms with van der Waals surface area (Å²) < 4.78 is 18.1. The summed E-state index contributed by atoms with van der Waals surface area (Å²) in [6, 6.07) is 4.93. The van der Waals surface area contributed by atoms with Crippen molar-refractivity contribution in [1.29, 1.82) is 0 Å². The number of hydrogen-bond acceptors (Lipinski definition) is 6. The fourth-order valence-electron chi connectivity index (χ4n) is 2.61. The highest BCUT2D eigenvalue weighted by molar-refractivity contribution is 7.18. The third kappa shape index (κ3) is 4.09. The van der Waals surface area contributed by atoms with E-state index in [1.807, 2.05) is 13.8 Å². The van der Waals surface area contributed by atoms with E-state index < -0.39 is 23.8 Å². The summed E-state index contributed by atoms with van der Waals surface area (Å²) in [4.78, 5) is 44.9. The van der Waals surface area contributed by atoms with E-state index in [0.29, 0.717) is 10.2 Å². The molecule has 0 fully saturated rings. The molecule has 0 unspecified atom stereocenters. The van der Waals surface area contributed by atoms with Crippen molar-refractivity contribution < 1.29 is 18.7 Å². The minimum absolute atomic E-state index is 0.224. The number of carbonyl (C=O) groups excluding carboxylic acids is 2. The fourth-order valence-corrected chi connectivity index (χ4v) is 3.65. The van der Waals surface area contributed by atoms with E-state index in [-0.39, 0.29) is 23.5 Å². The quantitative estimate of drug-likeness (QED) is 0.638. The third-order valence-electron chi connectivity index (χ3n) is 4.25. The van der Waals surface area contributed by atoms with E-state index in [9.17, 15) is 18.8 Å². The SMILES string of the molecule is Cc1sc2nc([C@@H](C)OC(=O)CNC(=O)c3ccc(F)cc3)[nH]c(=O)c2c1C. The minimum Gasteiger partial charge on any atom is -0.453 e. The van der Waals surface area contributed by atoms with Gasteiger partial charge in [0.1, 0.15) is 17.2 Å². The molecule has 1 amide bonds. The van der Waals surface area contributed by atoms with Crippen LogP contribution in [0.1, 0.15) is 39.7 Å². The van der Waals surface area contributed by atoms with E-state index in [2.05, 4.69) is 15.3 Å². The lowest BCUT2D eigenvalue weighted by atomic mass is 10.2. The topological polar surface area (TPSA) is 101 Å². The molecule has 2 aromatic heterocycles. The first-order chi connectivity index (χ1) is 13.3. The van der Waals surface area contributed by atoms with Gasteiger partial charge in [-0.3, -0.25) is 14.4 Å². The average Bonchev–Trinajstić information content (AvgIpc) is 2.94. The summed E-state index contributed by atoms with van der Waals surface area (Å²) in [7, 11) is 0. The lowest BCUT2D eigenvalue weighted by molar-refractivity contribution is -0.147. The van der Waals surface area contributed by atoms with E-state index >= 15 is 0 Å². The van der Waals surface area contributed by atoms with Gasteiger partial charge in [-0.1, -0.05) is 0 Å². The summed E-state index contributed by atoms with van der Waals surface area (Å²) in [6.07, 6.45) is -0.796. The summed E-state index contributed by atoms with van der Waals surface area (Å²) in [5, 5.41) is 2.94. The number of carbonyl (C=O) groups is 2. The van der Waals surface area contributed by atoms with Crippen molar-refractivity contribution in [2.45, 2.75) is 26.9 Å². The van der Waals surface area contributed by atoms with Crippen LogP contribution in [0.5, 0.6) is 0 Å². The number of ether oxygens (including phenoxy) is 1. The summed E-state index contributed by atoms with van der Waals surface area (Å²) >= 11 is 1.40. The molecule has 0 bridgehead atoms. The van der Waals surface area contributed by atoms with Gasteiger partial charge in [-0.15, -0.1) is 11.3 Å². The molecule has 1 aromatic carbocycles. The maximum atomic E-state index is 12.9. The van der Waals surface area contributed by atoms with Crippen LogP contribution in [0.15, 0.2) is 29.1 Å². The molecule has 2 N–H and O–H groups in total. The number of nitrogens with one attached hydrogen (secondary N) is 2. The summed E-state index contributed by atoms with van der Waals surface area (Å²) in [5.41, 5.74) is 0.824. The molecule has 0 aliphatic carbocycles. The maximum Gasteiger partial charge on any atom is 0.326 e. The van der Waals surface area contributed by atoms with Crippen LogP contribution >= 0.6 is 11.3 Å². The Balaban J connectivity index is 1.64. The third-order valence-corrected chi connectivity index (χ3v) is 5.35. The van der Waals surface area contributed by atoms with E-state index in [4.69, 9.17) is 4.74 Å². The summed E-state index contributed by atoms with van der Waals surface area (Å²) in [6.45, 7) is 4.98. The first-order valence-electron chi connectivity index (χ1n) is 8.49. The van der Waals surface area contributed by atoms with Crippen molar-refractivity contribution in [2.24, 2.45) is 0 Å². The molecule has 9 heteroatoms. The Kier molecular flexibility index (Phi) is 5.55. The van der Waals surface area contributed by atoms with Crippen LogP contribution in [-0.4, -0.2) is 28.4 Å². The monoisotopic (exact) mass is 403 g/mol. The number of rotatable bonds is 5. The molecule has 28 heavy (non-hydrogen) atoms. The number of aromatic nitrogens is 2. The Morgan fingerprint density at radius 3 is 2.64 bits per heavy atom. The van der Waals surface area contributed by atoms with Gasteiger partial charge in [-0.25, -0.2) is 9.37 Å². The largest absolute Gasteiger partial charge is 0.453 e. The smallest absolute Gasteiger partial charge is 0.326 e. The van der Waals surface area contributed by atoms with E-state index in [1.165, 1.54) is 23.5 Å². The first-order valence-corrected chi connectivity index (χ1v) is 9.31. The number of hydrogen-bond donors (Lipinski definition) is 2. The molecule has 0 aliphatic rings. The van der Waals surface area contributed by atoms with Crippen LogP contribution < -0.4 is 10.9 Å². The van der Waals surface area contributed by atoms with Crippen LogP contribution in [0.25, 0.3) is 10.2 Å². The van der Waals surface area contributed by atoms with Gasteiger partial charge in [0.2, 0.25) is 0 Å². The van der Waals surface area contributed by atoms with E-state index in [0.717, 1.165) is 22.6 Å². The van der Waals surface area contributed by atoms with Crippen LogP contribution in [0, 0.1) is 19.7 Å². The fraction of sp³-hybridized carbons (Fsp3) is 0.263. The molecular formula is C19H18FN3O4S. The molecule has 3 aromatic rings. The van der Waals surface area contributed by atoms with Gasteiger partial charge in [-0.2, -0.15) is 0 Å². The number of aromatic amines is 1. The Morgan fingerprint density at radius 2 is 1.96 bits per heavy atom. The zero-order valence-corrected chi connectivity index (χ0v) is 16.3. The van der Waals surface area contributed by atoms with Crippen LogP contribution in [0.4, 0.5) is 4.39 Å². The number of benzene rings is 1. The maximum absolute atomic E-state index is 12.9. The molecule has 2 heterocycles. The number of amides is 1. The lowest BCUT2D eigenvalue weighted by Gasteiger charge is -2.13. The Bertz CT molecular complexity index is 1100. The van der Waals surface area contributed by atoms with Crippen molar-refractivity contribution in [3.63, 3.8) is 0 Å². The highest BCUT2D eigenvalue weighted by atomic mass is 32.1. The Hall–Kier alpha value is -3.07. The number of aryl methyl sites for hydroxylation is 2. The van der Waals surface area contributed by atoms with E-state index in [1.54, 1.807) is 6.92 Å². The van der Waals surface area contributed by atoms with Gasteiger partial charge < -0.3 is 15.0 Å². The van der Waals surface area contributed by atoms with Gasteiger partial charge in [0.25, 0.3) is 11.5 Å². The Labute approximate surface area is 163 Å². The molecule has 0 spiro atoms. The molecule has 0 aliphatic heterocycles. The van der Waals surface area contributed by atoms with Crippen molar-refractivity contribution >= 4 is 33.4 Å². The zero-order chi connectivity index (χ0) is 20.4. The van der Waals surface area contributed by atoms with Crippen molar-refractivity contribution in [3.8, 4) is 0 Å². The lowest BCUT2D eigenvalue weighted by Crippen LogP contribution is -2.31. The standard InChI is InChI=1S/C19H18FN3O4S/c1-9-11(3)28-19-15(9)18(26)22-16(23-19)10(2)27-14(24)8-21-17(25)12-4-6-13(20)7-5-12/h4-7,10H,8H2,1-3H3,(H,21,25)(H,22,23,26)/t10-/m1/s1. The van der Waals surface area contributed by atoms with Gasteiger partial charge in [0.15, 0.2) is 11.9 Å². The molecule has 7 nitrogen and oxygen atoms in total. The van der Waals surface area contributed by atoms with Crippen molar-refractivity contribution in [1.82, 2.24) is 15.3 Å². The number of thiophene rings is 1. The highest BCUT2D eigenvalue weighted by Crippen LogP contribution is 2.26. The minimum atomic E-state index is -0.796. The molecule has 0 saturated heterocycles. The molecule has 0 saturated carbocycles. The number of H-pyrrole nitrogens is 1. The molecular weight excluding hydrogens is 385 g/mol. The second-order valence-electron chi connectivity index (χ2n) is 6.24.